The molecule has 118 valence electrons. The van der Waals surface area contributed by atoms with Gasteiger partial charge >= 0.3 is 7.12 Å². The van der Waals surface area contributed by atoms with E-state index < -0.39 is 18.3 Å². The molecule has 0 bridgehead atoms. The summed E-state index contributed by atoms with van der Waals surface area (Å²) in [5.41, 5.74) is 0.978. The number of hydrogen-bond donors (Lipinski definition) is 0. The molecule has 1 saturated heterocycles. The highest BCUT2D eigenvalue weighted by Crippen LogP contribution is 2.41. The summed E-state index contributed by atoms with van der Waals surface area (Å²) in [4.78, 5) is 0. The second-order valence-corrected chi connectivity index (χ2v) is 6.86. The minimum absolute atomic E-state index is 0.223. The molecule has 0 aromatic carbocycles. The maximum atomic E-state index is 14.6. The van der Waals surface area contributed by atoms with E-state index in [0.29, 0.717) is 6.61 Å². The molecule has 1 heterocycles. The van der Waals surface area contributed by atoms with Crippen molar-refractivity contribution < 1.29 is 18.4 Å². The molecule has 0 aromatic heterocycles. The van der Waals surface area contributed by atoms with E-state index in [0.717, 1.165) is 31.3 Å². The van der Waals surface area contributed by atoms with Crippen molar-refractivity contribution in [3.8, 4) is 0 Å². The van der Waals surface area contributed by atoms with Crippen LogP contribution in [-0.2, 0) is 14.0 Å². The van der Waals surface area contributed by atoms with Gasteiger partial charge in [-0.1, -0.05) is 11.6 Å². The van der Waals surface area contributed by atoms with E-state index in [1.165, 1.54) is 5.57 Å². The van der Waals surface area contributed by atoms with Crippen LogP contribution in [0.4, 0.5) is 4.39 Å². The van der Waals surface area contributed by atoms with E-state index in [1.807, 2.05) is 27.7 Å². The van der Waals surface area contributed by atoms with Crippen molar-refractivity contribution >= 4 is 7.12 Å². The van der Waals surface area contributed by atoms with Crippen molar-refractivity contribution in [2.24, 2.45) is 0 Å². The molecule has 0 spiro atoms. The van der Waals surface area contributed by atoms with Crippen LogP contribution in [0.1, 0.15) is 53.4 Å². The lowest BCUT2D eigenvalue weighted by atomic mass is 9.79. The molecule has 5 heteroatoms. The molecule has 21 heavy (non-hydrogen) atoms. The number of halogens is 1. The van der Waals surface area contributed by atoms with Gasteiger partial charge < -0.3 is 14.0 Å². The Bertz CT molecular complexity index is 426. The van der Waals surface area contributed by atoms with Gasteiger partial charge in [0.1, 0.15) is 5.73 Å². The van der Waals surface area contributed by atoms with Crippen molar-refractivity contribution in [2.75, 3.05) is 13.7 Å². The summed E-state index contributed by atoms with van der Waals surface area (Å²) in [5.74, 6) is 0. The van der Waals surface area contributed by atoms with Gasteiger partial charge in [0.05, 0.1) is 17.8 Å². The monoisotopic (exact) mass is 296 g/mol. The van der Waals surface area contributed by atoms with E-state index in [9.17, 15) is 4.39 Å². The zero-order valence-electron chi connectivity index (χ0n) is 13.8. The van der Waals surface area contributed by atoms with Crippen LogP contribution in [-0.4, -0.2) is 32.0 Å². The zero-order valence-corrected chi connectivity index (χ0v) is 13.8. The van der Waals surface area contributed by atoms with E-state index in [4.69, 9.17) is 14.0 Å². The third-order valence-electron chi connectivity index (χ3n) is 4.83. The number of allylic oxidation sites excluding steroid dienone is 2. The van der Waals surface area contributed by atoms with Crippen LogP contribution in [0.15, 0.2) is 22.9 Å². The van der Waals surface area contributed by atoms with Crippen LogP contribution >= 0.6 is 0 Å². The van der Waals surface area contributed by atoms with E-state index in [2.05, 4.69) is 6.08 Å². The Balaban J connectivity index is 2.03. The molecule has 0 N–H and O–H groups in total. The summed E-state index contributed by atoms with van der Waals surface area (Å²) in [7, 11) is 0.831. The second kappa shape index (κ2) is 6.23. The molecule has 0 aromatic rings. The largest absolute Gasteiger partial charge is 0.525 e. The van der Waals surface area contributed by atoms with E-state index in [1.54, 1.807) is 7.11 Å². The maximum Gasteiger partial charge on any atom is 0.525 e. The summed E-state index contributed by atoms with van der Waals surface area (Å²) in [6.07, 6.45) is 5.37. The normalized spacial score (nSPS) is 24.4. The first-order valence-corrected chi connectivity index (χ1v) is 7.67. The maximum absolute atomic E-state index is 14.6. The Morgan fingerprint density at radius 2 is 1.67 bits per heavy atom. The molecule has 0 amide bonds. The lowest BCUT2D eigenvalue weighted by Gasteiger charge is -2.32. The van der Waals surface area contributed by atoms with Crippen molar-refractivity contribution in [2.45, 2.75) is 64.6 Å². The Morgan fingerprint density at radius 1 is 1.14 bits per heavy atom. The van der Waals surface area contributed by atoms with Crippen LogP contribution in [0, 0.1) is 0 Å². The van der Waals surface area contributed by atoms with Gasteiger partial charge in [-0.3, -0.25) is 0 Å². The molecule has 0 atom stereocenters. The van der Waals surface area contributed by atoms with Crippen LogP contribution in [0.2, 0.25) is 0 Å². The van der Waals surface area contributed by atoms with Crippen molar-refractivity contribution in [1.29, 1.82) is 0 Å². The third-order valence-corrected chi connectivity index (χ3v) is 4.83. The van der Waals surface area contributed by atoms with Gasteiger partial charge in [-0.2, -0.15) is 0 Å². The first-order valence-electron chi connectivity index (χ1n) is 7.67. The average Bonchev–Trinajstić information content (AvgIpc) is 2.65. The minimum atomic E-state index is -0.852. The molecule has 2 aliphatic rings. The van der Waals surface area contributed by atoms with Crippen LogP contribution in [0.25, 0.3) is 0 Å². The lowest BCUT2D eigenvalue weighted by Crippen LogP contribution is -2.41. The molecule has 2 fully saturated rings. The fourth-order valence-corrected chi connectivity index (χ4v) is 2.63. The fourth-order valence-electron chi connectivity index (χ4n) is 2.63. The molecule has 1 saturated carbocycles. The Labute approximate surface area is 127 Å². The van der Waals surface area contributed by atoms with Crippen LogP contribution < -0.4 is 0 Å². The first kappa shape index (κ1) is 16.7. The third kappa shape index (κ3) is 3.58. The van der Waals surface area contributed by atoms with Gasteiger partial charge in [0.2, 0.25) is 0 Å². The number of hydrogen-bond acceptors (Lipinski definition) is 3. The molecule has 1 aliphatic carbocycles. The fraction of sp³-hybridized carbons (Fsp3) is 0.750. The molecule has 2 rings (SSSR count). The highest BCUT2D eigenvalue weighted by molar-refractivity contribution is 6.53. The van der Waals surface area contributed by atoms with Gasteiger partial charge in [-0.05, 0) is 59.0 Å². The summed E-state index contributed by atoms with van der Waals surface area (Å²) in [5, 5.41) is 0. The quantitative estimate of drug-likeness (QED) is 0.582. The molecule has 0 radical (unpaired) electrons. The highest BCUT2D eigenvalue weighted by atomic mass is 19.1. The second-order valence-electron chi connectivity index (χ2n) is 6.86. The topological polar surface area (TPSA) is 27.7 Å². The van der Waals surface area contributed by atoms with Crippen LogP contribution in [0.5, 0.6) is 0 Å². The smallest absolute Gasteiger partial charge is 0.398 e. The summed E-state index contributed by atoms with van der Waals surface area (Å²) >= 11 is 0. The summed E-state index contributed by atoms with van der Waals surface area (Å²) in [6, 6.07) is 0. The van der Waals surface area contributed by atoms with Crippen molar-refractivity contribution in [3.63, 3.8) is 0 Å². The predicted octanol–water partition coefficient (Wildman–Crippen LogP) is 3.99. The number of methoxy groups -OCH3 is 1. The van der Waals surface area contributed by atoms with Crippen molar-refractivity contribution in [1.82, 2.24) is 0 Å². The Kier molecular flexibility index (Phi) is 4.96. The average molecular weight is 296 g/mol. The van der Waals surface area contributed by atoms with Gasteiger partial charge in [0.25, 0.3) is 0 Å². The number of ether oxygens (including phenoxy) is 1. The minimum Gasteiger partial charge on any atom is -0.398 e. The standard InChI is InChI=1S/C16H26BFO3/c1-15(2)16(3,4)21-17(20-15)14(18)13-8-6-12(7-9-13)10-11-19-5/h10H,6-9,11H2,1-5H3. The summed E-state index contributed by atoms with van der Waals surface area (Å²) in [6.45, 7) is 8.40. The predicted molar refractivity (Wildman–Crippen MR) is 82.6 cm³/mol. The molecular formula is C16H26BFO3. The Morgan fingerprint density at radius 3 is 2.14 bits per heavy atom. The van der Waals surface area contributed by atoms with Gasteiger partial charge in [0, 0.05) is 7.11 Å². The first-order chi connectivity index (χ1) is 9.77. The SMILES string of the molecule is COCC=C1CCC(=C(F)B2OC(C)(C)C(C)(C)O2)CC1. The van der Waals surface area contributed by atoms with Crippen molar-refractivity contribution in [3.05, 3.63) is 22.9 Å². The highest BCUT2D eigenvalue weighted by Gasteiger charge is 2.53. The number of rotatable bonds is 3. The molecule has 0 unspecified atom stereocenters. The van der Waals surface area contributed by atoms with E-state index >= 15 is 0 Å². The molecular weight excluding hydrogens is 270 g/mol. The van der Waals surface area contributed by atoms with E-state index in [-0.39, 0.29) is 5.73 Å². The molecule has 3 nitrogen and oxygen atoms in total. The van der Waals surface area contributed by atoms with Gasteiger partial charge in [-0.15, -0.1) is 0 Å². The van der Waals surface area contributed by atoms with Gasteiger partial charge in [-0.25, -0.2) is 4.39 Å². The molecule has 1 aliphatic heterocycles. The summed E-state index contributed by atoms with van der Waals surface area (Å²) < 4.78 is 31.3. The Hall–Kier alpha value is -0.645. The zero-order chi connectivity index (χ0) is 15.7. The van der Waals surface area contributed by atoms with Crippen LogP contribution in [0.3, 0.4) is 0 Å². The van der Waals surface area contributed by atoms with Gasteiger partial charge in [0.15, 0.2) is 0 Å². The lowest BCUT2D eigenvalue weighted by molar-refractivity contribution is 0.00578.